The zero-order valence-electron chi connectivity index (χ0n) is 11.9. The van der Waals surface area contributed by atoms with E-state index in [-0.39, 0.29) is 6.61 Å². The van der Waals surface area contributed by atoms with Crippen molar-refractivity contribution in [1.82, 2.24) is 9.78 Å². The number of nitrogens with zero attached hydrogens (tertiary/aromatic N) is 2. The highest BCUT2D eigenvalue weighted by Crippen LogP contribution is 2.25. The van der Waals surface area contributed by atoms with Gasteiger partial charge in [-0.3, -0.25) is 4.68 Å². The predicted molar refractivity (Wildman–Crippen MR) is 85.4 cm³/mol. The molecule has 1 aromatic carbocycles. The fourth-order valence-corrected chi connectivity index (χ4v) is 2.67. The number of anilines is 1. The molecule has 0 saturated carbocycles. The molecule has 2 aromatic rings. The number of nitrogens with two attached hydrogens (primary N) is 1. The molecule has 7 heteroatoms. The lowest BCUT2D eigenvalue weighted by Crippen LogP contribution is -2.09. The first-order valence-electron chi connectivity index (χ1n) is 6.22. The maximum atomic E-state index is 12.2. The molecule has 0 aliphatic carbocycles. The van der Waals surface area contributed by atoms with Gasteiger partial charge in [-0.15, -0.1) is 0 Å². The van der Waals surface area contributed by atoms with Crippen molar-refractivity contribution < 1.29 is 9.53 Å². The molecule has 0 radical (unpaired) electrons. The Labute approximate surface area is 136 Å². The number of esters is 1. The van der Waals surface area contributed by atoms with Crippen molar-refractivity contribution in [3.63, 3.8) is 0 Å². The molecule has 0 aliphatic rings. The van der Waals surface area contributed by atoms with Crippen molar-refractivity contribution in [3.8, 4) is 0 Å². The van der Waals surface area contributed by atoms with E-state index in [0.29, 0.717) is 27.5 Å². The summed E-state index contributed by atoms with van der Waals surface area (Å²) >= 11 is 9.42. The number of rotatable bonds is 3. The van der Waals surface area contributed by atoms with Crippen LogP contribution in [-0.2, 0) is 18.4 Å². The standard InChI is InChI=1S/C14H15BrClN3O2/c1-7-10(4-9(15)5-12(7)17)14(20)21-6-11-8(2)18-19(3)13(11)16/h4-5H,6,17H2,1-3H3. The molecule has 21 heavy (non-hydrogen) atoms. The van der Waals surface area contributed by atoms with Gasteiger partial charge in [0.2, 0.25) is 0 Å². The Kier molecular flexibility index (Phi) is 4.58. The number of hydrogen-bond acceptors (Lipinski definition) is 4. The van der Waals surface area contributed by atoms with Crippen molar-refractivity contribution >= 4 is 39.2 Å². The Morgan fingerprint density at radius 1 is 1.48 bits per heavy atom. The molecule has 0 atom stereocenters. The minimum atomic E-state index is -0.445. The Morgan fingerprint density at radius 2 is 2.14 bits per heavy atom. The zero-order valence-corrected chi connectivity index (χ0v) is 14.2. The van der Waals surface area contributed by atoms with E-state index < -0.39 is 5.97 Å². The number of aryl methyl sites for hydroxylation is 2. The van der Waals surface area contributed by atoms with Crippen LogP contribution in [0.5, 0.6) is 0 Å². The summed E-state index contributed by atoms with van der Waals surface area (Å²) in [7, 11) is 1.74. The van der Waals surface area contributed by atoms with Gasteiger partial charge in [0.25, 0.3) is 0 Å². The van der Waals surface area contributed by atoms with Gasteiger partial charge in [0.05, 0.1) is 11.3 Å². The number of nitrogen functional groups attached to an aromatic ring is 1. The van der Waals surface area contributed by atoms with E-state index in [9.17, 15) is 4.79 Å². The van der Waals surface area contributed by atoms with Crippen molar-refractivity contribution in [3.05, 3.63) is 44.1 Å². The molecule has 2 N–H and O–H groups in total. The lowest BCUT2D eigenvalue weighted by Gasteiger charge is -2.10. The first-order valence-corrected chi connectivity index (χ1v) is 7.39. The smallest absolute Gasteiger partial charge is 0.338 e. The summed E-state index contributed by atoms with van der Waals surface area (Å²) < 4.78 is 7.60. The third-order valence-electron chi connectivity index (χ3n) is 3.25. The van der Waals surface area contributed by atoms with Gasteiger partial charge in [0.15, 0.2) is 0 Å². The molecule has 112 valence electrons. The molecular weight excluding hydrogens is 358 g/mol. The number of hydrogen-bond donors (Lipinski definition) is 1. The van der Waals surface area contributed by atoms with Crippen molar-refractivity contribution in [2.24, 2.45) is 7.05 Å². The Hall–Kier alpha value is -1.53. The molecule has 1 heterocycles. The first-order chi connectivity index (χ1) is 9.81. The van der Waals surface area contributed by atoms with Gasteiger partial charge in [-0.05, 0) is 31.5 Å². The summed E-state index contributed by atoms with van der Waals surface area (Å²) in [6.45, 7) is 3.67. The maximum absolute atomic E-state index is 12.2. The molecular formula is C14H15BrClN3O2. The van der Waals surface area contributed by atoms with Crippen LogP contribution in [0.25, 0.3) is 0 Å². The zero-order chi connectivity index (χ0) is 15.7. The SMILES string of the molecule is Cc1nn(C)c(Cl)c1COC(=O)c1cc(Br)cc(N)c1C. The molecule has 0 fully saturated rings. The molecule has 0 saturated heterocycles. The lowest BCUT2D eigenvalue weighted by molar-refractivity contribution is 0.0471. The summed E-state index contributed by atoms with van der Waals surface area (Å²) in [6.07, 6.45) is 0. The topological polar surface area (TPSA) is 70.1 Å². The Bertz CT molecular complexity index is 713. The van der Waals surface area contributed by atoms with Crippen LogP contribution in [0, 0.1) is 13.8 Å². The minimum absolute atomic E-state index is 0.0726. The van der Waals surface area contributed by atoms with E-state index in [1.807, 2.05) is 6.92 Å². The van der Waals surface area contributed by atoms with E-state index >= 15 is 0 Å². The van der Waals surface area contributed by atoms with Crippen molar-refractivity contribution in [2.45, 2.75) is 20.5 Å². The van der Waals surface area contributed by atoms with Gasteiger partial charge < -0.3 is 10.5 Å². The van der Waals surface area contributed by atoms with Crippen LogP contribution in [0.15, 0.2) is 16.6 Å². The highest BCUT2D eigenvalue weighted by Gasteiger charge is 2.17. The van der Waals surface area contributed by atoms with Crippen LogP contribution in [-0.4, -0.2) is 15.7 Å². The lowest BCUT2D eigenvalue weighted by atomic mass is 10.1. The van der Waals surface area contributed by atoms with Gasteiger partial charge in [0, 0.05) is 22.8 Å². The van der Waals surface area contributed by atoms with Crippen LogP contribution in [0.4, 0.5) is 5.69 Å². The normalized spacial score (nSPS) is 10.7. The fraction of sp³-hybridized carbons (Fsp3) is 0.286. The summed E-state index contributed by atoms with van der Waals surface area (Å²) in [5.41, 5.74) is 8.94. The Morgan fingerprint density at radius 3 is 2.71 bits per heavy atom. The van der Waals surface area contributed by atoms with Gasteiger partial charge in [-0.2, -0.15) is 5.10 Å². The summed E-state index contributed by atoms with van der Waals surface area (Å²) in [5, 5.41) is 4.64. The van der Waals surface area contributed by atoms with Crippen LogP contribution in [0.1, 0.15) is 27.2 Å². The molecule has 0 aliphatic heterocycles. The predicted octanol–water partition coefficient (Wildman–Crippen LogP) is 3.39. The van der Waals surface area contributed by atoms with Gasteiger partial charge in [-0.1, -0.05) is 27.5 Å². The van der Waals surface area contributed by atoms with Crippen LogP contribution in [0.2, 0.25) is 5.15 Å². The second-order valence-electron chi connectivity index (χ2n) is 4.72. The number of halogens is 2. The summed E-state index contributed by atoms with van der Waals surface area (Å²) in [4.78, 5) is 12.2. The number of ether oxygens (including phenoxy) is 1. The first kappa shape index (κ1) is 15.9. The number of carbonyl (C=O) groups excluding carboxylic acids is 1. The monoisotopic (exact) mass is 371 g/mol. The molecule has 5 nitrogen and oxygen atoms in total. The van der Waals surface area contributed by atoms with Crippen LogP contribution in [0.3, 0.4) is 0 Å². The van der Waals surface area contributed by atoms with Crippen LogP contribution >= 0.6 is 27.5 Å². The second kappa shape index (κ2) is 6.07. The molecule has 0 unspecified atom stereocenters. The molecule has 0 bridgehead atoms. The van der Waals surface area contributed by atoms with Crippen molar-refractivity contribution in [2.75, 3.05) is 5.73 Å². The van der Waals surface area contributed by atoms with E-state index in [2.05, 4.69) is 21.0 Å². The molecule has 2 rings (SSSR count). The third kappa shape index (κ3) is 3.22. The fourth-order valence-electron chi connectivity index (χ4n) is 1.97. The van der Waals surface area contributed by atoms with E-state index in [1.54, 1.807) is 30.8 Å². The molecule has 0 spiro atoms. The van der Waals surface area contributed by atoms with E-state index in [1.165, 1.54) is 0 Å². The number of aromatic nitrogens is 2. The number of benzene rings is 1. The average Bonchev–Trinajstić information content (AvgIpc) is 2.65. The average molecular weight is 373 g/mol. The van der Waals surface area contributed by atoms with Gasteiger partial charge in [-0.25, -0.2) is 4.79 Å². The quantitative estimate of drug-likeness (QED) is 0.662. The summed E-state index contributed by atoms with van der Waals surface area (Å²) in [6, 6.07) is 3.43. The Balaban J connectivity index is 2.19. The highest BCUT2D eigenvalue weighted by molar-refractivity contribution is 9.10. The van der Waals surface area contributed by atoms with Gasteiger partial charge in [0.1, 0.15) is 11.8 Å². The van der Waals surface area contributed by atoms with Gasteiger partial charge >= 0.3 is 5.97 Å². The third-order valence-corrected chi connectivity index (χ3v) is 4.18. The summed E-state index contributed by atoms with van der Waals surface area (Å²) in [5.74, 6) is -0.445. The molecule has 1 aromatic heterocycles. The van der Waals surface area contributed by atoms with E-state index in [0.717, 1.165) is 10.2 Å². The van der Waals surface area contributed by atoms with Crippen LogP contribution < -0.4 is 5.73 Å². The minimum Gasteiger partial charge on any atom is -0.457 e. The maximum Gasteiger partial charge on any atom is 0.338 e. The molecule has 0 amide bonds. The number of carbonyl (C=O) groups is 1. The van der Waals surface area contributed by atoms with E-state index in [4.69, 9.17) is 22.1 Å². The van der Waals surface area contributed by atoms with Crippen molar-refractivity contribution in [1.29, 1.82) is 0 Å². The highest BCUT2D eigenvalue weighted by atomic mass is 79.9. The second-order valence-corrected chi connectivity index (χ2v) is 6.00. The largest absolute Gasteiger partial charge is 0.457 e.